The van der Waals surface area contributed by atoms with E-state index in [1.165, 1.54) is 13.2 Å². The van der Waals surface area contributed by atoms with Crippen LogP contribution in [0.4, 0.5) is 17.2 Å². The van der Waals surface area contributed by atoms with E-state index in [1.54, 1.807) is 30.3 Å². The highest BCUT2D eigenvalue weighted by molar-refractivity contribution is 5.93. The van der Waals surface area contributed by atoms with E-state index in [0.29, 0.717) is 51.8 Å². The first-order valence-electron chi connectivity index (χ1n) is 8.56. The average molecular weight is 379 g/mol. The molecule has 0 bridgehead atoms. The van der Waals surface area contributed by atoms with E-state index in [1.807, 2.05) is 6.92 Å². The molecular formula is C20H21N5O3. The van der Waals surface area contributed by atoms with Gasteiger partial charge in [0.25, 0.3) is 0 Å². The van der Waals surface area contributed by atoms with Crippen molar-refractivity contribution in [3.63, 3.8) is 0 Å². The number of aliphatic hydroxyl groups excluding tert-OH is 1. The first-order valence-corrected chi connectivity index (χ1v) is 8.56. The number of fused-ring (bicyclic) bond motifs is 1. The maximum atomic E-state index is 10.5. The number of phenolic OH excluding ortho intramolecular Hbond substituents is 1. The standard InChI is InChI=1S/C20H21N5O3/c1-4-23-20-12-8-17(27)18(28-3)9-14(12)24-19(25-20)10-16(26)11-5-6-13(21)15(7-11)22-2/h5-10,26-27H,2,4,21H2,1,3H3,(H,23,24,25)/b16-10-. The van der Waals surface area contributed by atoms with Crippen molar-refractivity contribution >= 4 is 46.6 Å². The van der Waals surface area contributed by atoms with Crippen molar-refractivity contribution < 1.29 is 14.9 Å². The fourth-order valence-electron chi connectivity index (χ4n) is 2.74. The highest BCUT2D eigenvalue weighted by atomic mass is 16.5. The Hall–Kier alpha value is -3.81. The summed E-state index contributed by atoms with van der Waals surface area (Å²) in [4.78, 5) is 12.7. The highest BCUT2D eigenvalue weighted by Gasteiger charge is 2.12. The minimum absolute atomic E-state index is 0.00442. The van der Waals surface area contributed by atoms with Gasteiger partial charge in [-0.05, 0) is 37.9 Å². The summed E-state index contributed by atoms with van der Waals surface area (Å²) in [5.74, 6) is 1.08. The fraction of sp³-hybridized carbons (Fsp3) is 0.150. The van der Waals surface area contributed by atoms with E-state index in [4.69, 9.17) is 10.5 Å². The molecule has 0 aliphatic heterocycles. The summed E-state index contributed by atoms with van der Waals surface area (Å²) < 4.78 is 5.16. The van der Waals surface area contributed by atoms with Crippen LogP contribution >= 0.6 is 0 Å². The van der Waals surface area contributed by atoms with Gasteiger partial charge in [0.2, 0.25) is 0 Å². The molecule has 0 aliphatic carbocycles. The summed E-state index contributed by atoms with van der Waals surface area (Å²) in [6.45, 7) is 6.03. The average Bonchev–Trinajstić information content (AvgIpc) is 2.68. The Kier molecular flexibility index (Phi) is 5.30. The van der Waals surface area contributed by atoms with Gasteiger partial charge in [-0.15, -0.1) is 0 Å². The number of phenols is 1. The van der Waals surface area contributed by atoms with Crippen molar-refractivity contribution in [1.82, 2.24) is 9.97 Å². The first kappa shape index (κ1) is 19.0. The molecule has 0 radical (unpaired) electrons. The second-order valence-corrected chi connectivity index (χ2v) is 5.96. The lowest BCUT2D eigenvalue weighted by molar-refractivity contribution is 0.374. The van der Waals surface area contributed by atoms with Crippen LogP contribution in [0.3, 0.4) is 0 Å². The van der Waals surface area contributed by atoms with E-state index in [0.717, 1.165) is 0 Å². The summed E-state index contributed by atoms with van der Waals surface area (Å²) in [5.41, 5.74) is 7.82. The minimum Gasteiger partial charge on any atom is -0.507 e. The topological polar surface area (TPSA) is 126 Å². The molecule has 2 aromatic carbocycles. The molecule has 0 atom stereocenters. The largest absolute Gasteiger partial charge is 0.507 e. The number of nitrogens with zero attached hydrogens (tertiary/aromatic N) is 3. The van der Waals surface area contributed by atoms with Crippen LogP contribution in [0, 0.1) is 0 Å². The lowest BCUT2D eigenvalue weighted by Crippen LogP contribution is -2.03. The zero-order valence-corrected chi connectivity index (χ0v) is 15.6. The summed E-state index contributed by atoms with van der Waals surface area (Å²) in [6, 6.07) is 8.10. The number of aliphatic hydroxyl groups is 1. The number of aliphatic imine (C=N–C) groups is 1. The molecule has 28 heavy (non-hydrogen) atoms. The van der Waals surface area contributed by atoms with Crippen LogP contribution in [-0.4, -0.2) is 40.6 Å². The van der Waals surface area contributed by atoms with Gasteiger partial charge in [-0.3, -0.25) is 4.99 Å². The van der Waals surface area contributed by atoms with Gasteiger partial charge in [0.05, 0.1) is 24.0 Å². The SMILES string of the molecule is C=Nc1cc(/C(O)=C/c2nc(NCC)c3cc(O)c(OC)cc3n2)ccc1N. The highest BCUT2D eigenvalue weighted by Crippen LogP contribution is 2.33. The van der Waals surface area contributed by atoms with Crippen molar-refractivity contribution in [2.45, 2.75) is 6.92 Å². The number of nitrogen functional groups attached to an aromatic ring is 1. The van der Waals surface area contributed by atoms with Crippen LogP contribution in [0.1, 0.15) is 18.3 Å². The number of hydrogen-bond acceptors (Lipinski definition) is 8. The number of benzene rings is 2. The molecule has 144 valence electrons. The van der Waals surface area contributed by atoms with Gasteiger partial charge in [-0.1, -0.05) is 0 Å². The minimum atomic E-state index is -0.0440. The number of aromatic hydroxyl groups is 1. The van der Waals surface area contributed by atoms with Gasteiger partial charge in [0, 0.05) is 29.6 Å². The van der Waals surface area contributed by atoms with Crippen LogP contribution in [0.15, 0.2) is 35.3 Å². The smallest absolute Gasteiger partial charge is 0.162 e. The van der Waals surface area contributed by atoms with E-state index >= 15 is 0 Å². The van der Waals surface area contributed by atoms with E-state index in [2.05, 4.69) is 27.0 Å². The van der Waals surface area contributed by atoms with E-state index < -0.39 is 0 Å². The lowest BCUT2D eigenvalue weighted by Gasteiger charge is -2.11. The first-order chi connectivity index (χ1) is 13.5. The van der Waals surface area contributed by atoms with Crippen molar-refractivity contribution in [1.29, 1.82) is 0 Å². The summed E-state index contributed by atoms with van der Waals surface area (Å²) in [6.07, 6.45) is 1.44. The van der Waals surface area contributed by atoms with Gasteiger partial charge in [0.1, 0.15) is 11.6 Å². The summed E-state index contributed by atoms with van der Waals surface area (Å²) in [5, 5.41) is 24.3. The third-order valence-electron chi connectivity index (χ3n) is 4.12. The molecule has 0 amide bonds. The Balaban J connectivity index is 2.12. The molecule has 0 aliphatic rings. The van der Waals surface area contributed by atoms with Crippen LogP contribution in [0.25, 0.3) is 22.7 Å². The number of aromatic nitrogens is 2. The third-order valence-corrected chi connectivity index (χ3v) is 4.12. The monoisotopic (exact) mass is 379 g/mol. The number of methoxy groups -OCH3 is 1. The predicted molar refractivity (Wildman–Crippen MR) is 112 cm³/mol. The Labute approximate surface area is 162 Å². The molecule has 3 aromatic rings. The Morgan fingerprint density at radius 1 is 1.32 bits per heavy atom. The number of rotatable bonds is 6. The van der Waals surface area contributed by atoms with Crippen LogP contribution in [0.5, 0.6) is 11.5 Å². The number of nitrogens with one attached hydrogen (secondary N) is 1. The second kappa shape index (κ2) is 7.83. The molecule has 0 saturated carbocycles. The molecule has 3 rings (SSSR count). The lowest BCUT2D eigenvalue weighted by atomic mass is 10.1. The van der Waals surface area contributed by atoms with Crippen LogP contribution < -0.4 is 15.8 Å². The maximum absolute atomic E-state index is 10.5. The van der Waals surface area contributed by atoms with Crippen LogP contribution in [-0.2, 0) is 0 Å². The molecule has 0 fully saturated rings. The molecular weight excluding hydrogens is 358 g/mol. The third kappa shape index (κ3) is 3.66. The van der Waals surface area contributed by atoms with Gasteiger partial charge in [-0.25, -0.2) is 9.97 Å². The fourth-order valence-corrected chi connectivity index (χ4v) is 2.74. The van der Waals surface area contributed by atoms with Crippen molar-refractivity contribution in [2.75, 3.05) is 24.7 Å². The molecule has 1 aromatic heterocycles. The zero-order valence-electron chi connectivity index (χ0n) is 15.6. The number of nitrogens with two attached hydrogens (primary N) is 1. The Morgan fingerprint density at radius 3 is 2.79 bits per heavy atom. The molecule has 0 saturated heterocycles. The quantitative estimate of drug-likeness (QED) is 0.292. The Bertz CT molecular complexity index is 1080. The van der Waals surface area contributed by atoms with Gasteiger partial charge in [0.15, 0.2) is 17.3 Å². The molecule has 1 heterocycles. The molecule has 8 heteroatoms. The second-order valence-electron chi connectivity index (χ2n) is 5.96. The normalized spacial score (nSPS) is 11.4. The zero-order chi connectivity index (χ0) is 20.3. The molecule has 0 spiro atoms. The maximum Gasteiger partial charge on any atom is 0.162 e. The summed E-state index contributed by atoms with van der Waals surface area (Å²) in [7, 11) is 1.46. The molecule has 8 nitrogen and oxygen atoms in total. The Morgan fingerprint density at radius 2 is 2.11 bits per heavy atom. The van der Waals surface area contributed by atoms with Crippen molar-refractivity contribution in [3.05, 3.63) is 41.7 Å². The number of ether oxygens (including phenoxy) is 1. The van der Waals surface area contributed by atoms with Gasteiger partial charge >= 0.3 is 0 Å². The van der Waals surface area contributed by atoms with E-state index in [9.17, 15) is 10.2 Å². The molecule has 0 unspecified atom stereocenters. The van der Waals surface area contributed by atoms with Crippen molar-refractivity contribution in [3.8, 4) is 11.5 Å². The van der Waals surface area contributed by atoms with Crippen molar-refractivity contribution in [2.24, 2.45) is 4.99 Å². The number of hydrogen-bond donors (Lipinski definition) is 4. The van der Waals surface area contributed by atoms with Gasteiger partial charge in [-0.2, -0.15) is 0 Å². The number of anilines is 2. The van der Waals surface area contributed by atoms with Crippen LogP contribution in [0.2, 0.25) is 0 Å². The van der Waals surface area contributed by atoms with Gasteiger partial charge < -0.3 is 26.0 Å². The molecule has 5 N–H and O–H groups in total. The predicted octanol–water partition coefficient (Wildman–Crippen LogP) is 3.75. The van der Waals surface area contributed by atoms with E-state index in [-0.39, 0.29) is 11.5 Å². The summed E-state index contributed by atoms with van der Waals surface area (Å²) >= 11 is 0.